The molecule has 11 heteroatoms. The number of fused-ring (bicyclic) bond motifs is 2. The number of carbonyl (C=O) groups is 2. The first kappa shape index (κ1) is 19.1. The fourth-order valence-electron chi connectivity index (χ4n) is 3.49. The second-order valence-electron chi connectivity index (χ2n) is 7.44. The first-order valence-electron chi connectivity index (χ1n) is 9.57. The molecule has 30 heavy (non-hydrogen) atoms. The smallest absolute Gasteiger partial charge is 0.334 e. The van der Waals surface area contributed by atoms with E-state index in [0.717, 1.165) is 21.5 Å². The zero-order valence-electron chi connectivity index (χ0n) is 15.8. The van der Waals surface area contributed by atoms with Gasteiger partial charge in [0, 0.05) is 28.7 Å². The topological polar surface area (TPSA) is 124 Å². The Kier molecular flexibility index (Phi) is 4.51. The van der Waals surface area contributed by atoms with Crippen LogP contribution in [0.15, 0.2) is 30.3 Å². The van der Waals surface area contributed by atoms with Crippen LogP contribution in [0.1, 0.15) is 33.9 Å². The van der Waals surface area contributed by atoms with E-state index in [1.807, 2.05) is 35.1 Å². The highest BCUT2D eigenvalue weighted by molar-refractivity contribution is 7.91. The van der Waals surface area contributed by atoms with E-state index in [0.29, 0.717) is 43.2 Å². The summed E-state index contributed by atoms with van der Waals surface area (Å²) < 4.78 is 25.8. The molecular formula is C19H19N5O4S2. The Hall–Kier alpha value is -2.92. The number of thiazole rings is 1. The Morgan fingerprint density at radius 2 is 2.03 bits per heavy atom. The van der Waals surface area contributed by atoms with Crippen LogP contribution in [0.5, 0.6) is 0 Å². The fourth-order valence-corrected chi connectivity index (χ4v) is 5.75. The molecular weight excluding hydrogens is 426 g/mol. The summed E-state index contributed by atoms with van der Waals surface area (Å²) in [6, 6.07) is 8.76. The lowest BCUT2D eigenvalue weighted by Crippen LogP contribution is -2.36. The number of aromatic nitrogens is 2. The molecule has 156 valence electrons. The summed E-state index contributed by atoms with van der Waals surface area (Å²) in [5.74, 6) is -0.0898. The fraction of sp³-hybridized carbons (Fsp3) is 0.316. The molecule has 1 saturated carbocycles. The largest absolute Gasteiger partial charge is 0.351 e. The summed E-state index contributed by atoms with van der Waals surface area (Å²) in [6.45, 7) is 0.914. The van der Waals surface area contributed by atoms with Gasteiger partial charge in [0.2, 0.25) is 10.0 Å². The Bertz CT molecular complexity index is 1230. The van der Waals surface area contributed by atoms with Gasteiger partial charge in [-0.2, -0.15) is 0 Å². The molecule has 1 aliphatic heterocycles. The number of aromatic amines is 1. The normalized spacial score (nSPS) is 16.3. The second-order valence-corrected chi connectivity index (χ2v) is 10.5. The molecule has 1 aromatic carbocycles. The lowest BCUT2D eigenvalue weighted by atomic mass is 10.1. The number of H-pyrrole nitrogens is 1. The number of sulfonamides is 1. The van der Waals surface area contributed by atoms with Gasteiger partial charge < -0.3 is 9.88 Å². The number of para-hydroxylation sites is 1. The summed E-state index contributed by atoms with van der Waals surface area (Å²) in [5.41, 5.74) is 2.27. The van der Waals surface area contributed by atoms with Crippen molar-refractivity contribution in [3.05, 3.63) is 46.6 Å². The third-order valence-electron chi connectivity index (χ3n) is 5.20. The summed E-state index contributed by atoms with van der Waals surface area (Å²) >= 11 is 1.25. The third-order valence-corrected chi connectivity index (χ3v) is 8.01. The second kappa shape index (κ2) is 7.10. The van der Waals surface area contributed by atoms with Crippen LogP contribution in [0.2, 0.25) is 0 Å². The number of rotatable bonds is 4. The van der Waals surface area contributed by atoms with E-state index in [1.54, 1.807) is 4.90 Å². The Balaban J connectivity index is 1.27. The van der Waals surface area contributed by atoms with Crippen molar-refractivity contribution < 1.29 is 18.0 Å². The molecule has 2 aromatic heterocycles. The standard InChI is InChI=1S/C19H19N5O4S2/c25-17(15-9-11-3-1-2-4-13(11)20-15)24-8-7-14-16(10-24)29-19(21-14)22-18(26)23-30(27,28)12-5-6-12/h1-4,9,12,20H,5-8,10H2,(H2,21,22,23,26). The van der Waals surface area contributed by atoms with Crippen molar-refractivity contribution in [2.45, 2.75) is 31.1 Å². The average molecular weight is 446 g/mol. The van der Waals surface area contributed by atoms with E-state index in [2.05, 4.69) is 15.3 Å². The van der Waals surface area contributed by atoms with Gasteiger partial charge in [-0.05, 0) is 25.0 Å². The quantitative estimate of drug-likeness (QED) is 0.569. The molecule has 1 fully saturated rings. The zero-order chi connectivity index (χ0) is 20.9. The maximum atomic E-state index is 12.9. The maximum absolute atomic E-state index is 12.9. The highest BCUT2D eigenvalue weighted by atomic mass is 32.2. The molecule has 0 saturated heterocycles. The Labute approximate surface area is 176 Å². The minimum Gasteiger partial charge on any atom is -0.351 e. The van der Waals surface area contributed by atoms with Crippen LogP contribution >= 0.6 is 11.3 Å². The molecule has 0 spiro atoms. The summed E-state index contributed by atoms with van der Waals surface area (Å²) in [7, 11) is -3.61. The predicted molar refractivity (Wildman–Crippen MR) is 113 cm³/mol. The van der Waals surface area contributed by atoms with Gasteiger partial charge in [0.25, 0.3) is 5.91 Å². The van der Waals surface area contributed by atoms with Gasteiger partial charge in [-0.25, -0.2) is 22.9 Å². The number of hydrogen-bond acceptors (Lipinski definition) is 6. The molecule has 9 nitrogen and oxygen atoms in total. The van der Waals surface area contributed by atoms with Crippen LogP contribution in [0.4, 0.5) is 9.93 Å². The first-order chi connectivity index (χ1) is 14.4. The van der Waals surface area contributed by atoms with Crippen molar-refractivity contribution in [2.24, 2.45) is 0 Å². The summed E-state index contributed by atoms with van der Waals surface area (Å²) in [5, 5.41) is 3.33. The average Bonchev–Trinajstić information content (AvgIpc) is 3.37. The number of urea groups is 1. The molecule has 2 aliphatic rings. The van der Waals surface area contributed by atoms with E-state index in [4.69, 9.17) is 0 Å². The number of benzene rings is 1. The SMILES string of the molecule is O=C(Nc1nc2c(s1)CN(C(=O)c1cc3ccccc3[nH]1)CC2)NS(=O)(=O)C1CC1. The first-order valence-corrected chi connectivity index (χ1v) is 11.9. The van der Waals surface area contributed by atoms with E-state index < -0.39 is 21.3 Å². The molecule has 1 aliphatic carbocycles. The monoisotopic (exact) mass is 445 g/mol. The molecule has 0 radical (unpaired) electrons. The van der Waals surface area contributed by atoms with Crippen LogP contribution in [0.3, 0.4) is 0 Å². The van der Waals surface area contributed by atoms with Gasteiger partial charge in [0.15, 0.2) is 5.13 Å². The van der Waals surface area contributed by atoms with Crippen molar-refractivity contribution in [3.8, 4) is 0 Å². The van der Waals surface area contributed by atoms with Crippen LogP contribution in [-0.4, -0.2) is 47.0 Å². The molecule has 3 amide bonds. The van der Waals surface area contributed by atoms with E-state index >= 15 is 0 Å². The van der Waals surface area contributed by atoms with Gasteiger partial charge in [-0.1, -0.05) is 29.5 Å². The van der Waals surface area contributed by atoms with Crippen molar-refractivity contribution >= 4 is 49.3 Å². The Morgan fingerprint density at radius 3 is 2.80 bits per heavy atom. The minimum atomic E-state index is -3.61. The zero-order valence-corrected chi connectivity index (χ0v) is 17.5. The number of nitrogens with zero attached hydrogens (tertiary/aromatic N) is 2. The molecule has 5 rings (SSSR count). The van der Waals surface area contributed by atoms with Crippen molar-refractivity contribution in [1.29, 1.82) is 0 Å². The van der Waals surface area contributed by atoms with Crippen LogP contribution in [0, 0.1) is 0 Å². The van der Waals surface area contributed by atoms with Gasteiger partial charge in [-0.15, -0.1) is 0 Å². The maximum Gasteiger partial charge on any atom is 0.334 e. The van der Waals surface area contributed by atoms with Crippen molar-refractivity contribution in [3.63, 3.8) is 0 Å². The van der Waals surface area contributed by atoms with Gasteiger partial charge in [-0.3, -0.25) is 10.1 Å². The molecule has 3 heterocycles. The highest BCUT2D eigenvalue weighted by Crippen LogP contribution is 2.30. The summed E-state index contributed by atoms with van der Waals surface area (Å²) in [4.78, 5) is 35.1. The van der Waals surface area contributed by atoms with Crippen LogP contribution in [-0.2, 0) is 23.0 Å². The Morgan fingerprint density at radius 1 is 1.23 bits per heavy atom. The van der Waals surface area contributed by atoms with Gasteiger partial charge >= 0.3 is 6.03 Å². The van der Waals surface area contributed by atoms with Crippen molar-refractivity contribution in [2.75, 3.05) is 11.9 Å². The van der Waals surface area contributed by atoms with Crippen molar-refractivity contribution in [1.82, 2.24) is 19.6 Å². The van der Waals surface area contributed by atoms with Gasteiger partial charge in [0.1, 0.15) is 5.69 Å². The van der Waals surface area contributed by atoms with E-state index in [9.17, 15) is 18.0 Å². The third kappa shape index (κ3) is 3.65. The molecule has 3 N–H and O–H groups in total. The summed E-state index contributed by atoms with van der Waals surface area (Å²) in [6.07, 6.45) is 1.73. The molecule has 0 unspecified atom stereocenters. The lowest BCUT2D eigenvalue weighted by molar-refractivity contribution is 0.0731. The number of amides is 3. The number of nitrogens with one attached hydrogen (secondary N) is 3. The predicted octanol–water partition coefficient (Wildman–Crippen LogP) is 2.44. The minimum absolute atomic E-state index is 0.0898. The number of anilines is 1. The lowest BCUT2D eigenvalue weighted by Gasteiger charge is -2.25. The number of carbonyl (C=O) groups excluding carboxylic acids is 2. The molecule has 0 atom stereocenters. The van der Waals surface area contributed by atoms with Gasteiger partial charge in [0.05, 0.1) is 17.5 Å². The molecule has 3 aromatic rings. The highest BCUT2D eigenvalue weighted by Gasteiger charge is 2.37. The number of hydrogen-bond donors (Lipinski definition) is 3. The van der Waals surface area contributed by atoms with Crippen LogP contribution in [0.25, 0.3) is 10.9 Å². The van der Waals surface area contributed by atoms with E-state index in [-0.39, 0.29) is 5.91 Å². The van der Waals surface area contributed by atoms with E-state index in [1.165, 1.54) is 11.3 Å². The molecule has 0 bridgehead atoms. The van der Waals surface area contributed by atoms with Crippen LogP contribution < -0.4 is 10.0 Å².